The third-order valence-corrected chi connectivity index (χ3v) is 5.76. The Bertz CT molecular complexity index is 1040. The summed E-state index contributed by atoms with van der Waals surface area (Å²) < 4.78 is 8.26. The minimum Gasteiger partial charge on any atom is -0.494 e. The number of rotatable bonds is 9. The van der Waals surface area contributed by atoms with Crippen molar-refractivity contribution in [2.24, 2.45) is 0 Å². The second-order valence-corrected chi connectivity index (χ2v) is 8.39. The molecule has 3 aromatic rings. The Morgan fingerprint density at radius 1 is 1.30 bits per heavy atom. The molecule has 9 heteroatoms. The number of benzene rings is 2. The highest BCUT2D eigenvalue weighted by molar-refractivity contribution is 9.10. The molecule has 2 aromatic carbocycles. The predicted octanol–water partition coefficient (Wildman–Crippen LogP) is 5.68. The van der Waals surface area contributed by atoms with Gasteiger partial charge in [-0.2, -0.15) is 0 Å². The minimum atomic E-state index is -0.181. The molecule has 1 amide bonds. The number of thioether (sulfide) groups is 1. The van der Waals surface area contributed by atoms with Crippen LogP contribution in [0.3, 0.4) is 0 Å². The molecule has 0 saturated carbocycles. The summed E-state index contributed by atoms with van der Waals surface area (Å²) in [6.07, 6.45) is 1.77. The molecule has 0 unspecified atom stereocenters. The standard InChI is InChI=1S/C21H20BrClN4O2S/c1-3-11-27-20(14-5-8-16(9-6-14)29-4-2)25-26-21(27)30-13-19(28)24-18-10-7-15(22)12-17(18)23/h3,5-10,12H,1,4,11,13H2,2H3,(H,24,28). The predicted molar refractivity (Wildman–Crippen MR) is 125 cm³/mol. The van der Waals surface area contributed by atoms with Crippen LogP contribution in [-0.2, 0) is 11.3 Å². The number of carbonyl (C=O) groups excluding carboxylic acids is 1. The fourth-order valence-electron chi connectivity index (χ4n) is 2.68. The van der Waals surface area contributed by atoms with E-state index < -0.39 is 0 Å². The van der Waals surface area contributed by atoms with Crippen molar-refractivity contribution in [2.45, 2.75) is 18.6 Å². The Balaban J connectivity index is 1.71. The van der Waals surface area contributed by atoms with E-state index in [-0.39, 0.29) is 11.7 Å². The van der Waals surface area contributed by atoms with E-state index in [0.29, 0.717) is 34.8 Å². The van der Waals surface area contributed by atoms with E-state index in [4.69, 9.17) is 16.3 Å². The van der Waals surface area contributed by atoms with Gasteiger partial charge in [0, 0.05) is 16.6 Å². The first kappa shape index (κ1) is 22.4. The van der Waals surface area contributed by atoms with E-state index in [9.17, 15) is 4.79 Å². The lowest BCUT2D eigenvalue weighted by Crippen LogP contribution is -2.15. The van der Waals surface area contributed by atoms with Crippen LogP contribution in [0.1, 0.15) is 6.92 Å². The van der Waals surface area contributed by atoms with E-state index in [1.807, 2.05) is 41.8 Å². The highest BCUT2D eigenvalue weighted by atomic mass is 79.9. The summed E-state index contributed by atoms with van der Waals surface area (Å²) in [5.41, 5.74) is 1.47. The summed E-state index contributed by atoms with van der Waals surface area (Å²) in [5, 5.41) is 12.5. The van der Waals surface area contributed by atoms with Gasteiger partial charge in [0.05, 0.1) is 23.1 Å². The number of hydrogen-bond donors (Lipinski definition) is 1. The zero-order valence-corrected chi connectivity index (χ0v) is 19.4. The minimum absolute atomic E-state index is 0.172. The SMILES string of the molecule is C=CCn1c(SCC(=O)Nc2ccc(Br)cc2Cl)nnc1-c1ccc(OCC)cc1. The third-order valence-electron chi connectivity index (χ3n) is 3.99. The molecular weight excluding hydrogens is 488 g/mol. The number of amides is 1. The van der Waals surface area contributed by atoms with Gasteiger partial charge in [0.15, 0.2) is 11.0 Å². The lowest BCUT2D eigenvalue weighted by atomic mass is 10.2. The van der Waals surface area contributed by atoms with Crippen LogP contribution in [0.4, 0.5) is 5.69 Å². The van der Waals surface area contributed by atoms with Crippen molar-refractivity contribution in [3.8, 4) is 17.1 Å². The molecule has 0 saturated heterocycles. The van der Waals surface area contributed by atoms with E-state index in [1.165, 1.54) is 11.8 Å². The fraction of sp³-hybridized carbons (Fsp3) is 0.190. The first-order valence-electron chi connectivity index (χ1n) is 9.16. The topological polar surface area (TPSA) is 69.0 Å². The van der Waals surface area contributed by atoms with Crippen LogP contribution in [0.2, 0.25) is 5.02 Å². The van der Waals surface area contributed by atoms with E-state index in [1.54, 1.807) is 18.2 Å². The van der Waals surface area contributed by atoms with Gasteiger partial charge in [0.25, 0.3) is 0 Å². The van der Waals surface area contributed by atoms with Gasteiger partial charge in [-0.05, 0) is 49.4 Å². The smallest absolute Gasteiger partial charge is 0.234 e. The van der Waals surface area contributed by atoms with Crippen LogP contribution in [0.5, 0.6) is 5.75 Å². The number of anilines is 1. The molecule has 3 rings (SSSR count). The van der Waals surface area contributed by atoms with Gasteiger partial charge in [0.2, 0.25) is 5.91 Å². The third kappa shape index (κ3) is 5.65. The quantitative estimate of drug-likeness (QED) is 0.298. The first-order valence-corrected chi connectivity index (χ1v) is 11.3. The molecule has 0 radical (unpaired) electrons. The van der Waals surface area contributed by atoms with Gasteiger partial charge in [0.1, 0.15) is 5.75 Å². The second-order valence-electron chi connectivity index (χ2n) is 6.12. The number of hydrogen-bond acceptors (Lipinski definition) is 5. The van der Waals surface area contributed by atoms with Crippen LogP contribution in [0.15, 0.2) is 64.7 Å². The number of aromatic nitrogens is 3. The average Bonchev–Trinajstić information content (AvgIpc) is 3.12. The molecule has 0 aliphatic carbocycles. The molecule has 0 bridgehead atoms. The van der Waals surface area contributed by atoms with Crippen LogP contribution < -0.4 is 10.1 Å². The maximum absolute atomic E-state index is 12.4. The number of halogens is 2. The van der Waals surface area contributed by atoms with Gasteiger partial charge >= 0.3 is 0 Å². The maximum atomic E-state index is 12.4. The molecular formula is C21H20BrClN4O2S. The van der Waals surface area contributed by atoms with Gasteiger partial charge in [-0.1, -0.05) is 45.4 Å². The lowest BCUT2D eigenvalue weighted by Gasteiger charge is -2.09. The van der Waals surface area contributed by atoms with Crippen molar-refractivity contribution in [1.82, 2.24) is 14.8 Å². The van der Waals surface area contributed by atoms with E-state index in [0.717, 1.165) is 15.8 Å². The van der Waals surface area contributed by atoms with Crippen molar-refractivity contribution in [3.63, 3.8) is 0 Å². The second kappa shape index (κ2) is 10.7. The molecule has 0 atom stereocenters. The van der Waals surface area contributed by atoms with Crippen LogP contribution in [0, 0.1) is 0 Å². The van der Waals surface area contributed by atoms with Crippen molar-refractivity contribution in [2.75, 3.05) is 17.7 Å². The zero-order valence-electron chi connectivity index (χ0n) is 16.3. The monoisotopic (exact) mass is 506 g/mol. The summed E-state index contributed by atoms with van der Waals surface area (Å²) in [6, 6.07) is 13.0. The van der Waals surface area contributed by atoms with Gasteiger partial charge in [-0.3, -0.25) is 9.36 Å². The summed E-state index contributed by atoms with van der Waals surface area (Å²) in [4.78, 5) is 12.4. The Labute approximate surface area is 192 Å². The Hall–Kier alpha value is -2.29. The van der Waals surface area contributed by atoms with E-state index in [2.05, 4.69) is 38.0 Å². The Morgan fingerprint density at radius 2 is 2.07 bits per heavy atom. The number of nitrogens with zero attached hydrogens (tertiary/aromatic N) is 3. The van der Waals surface area contributed by atoms with Crippen LogP contribution in [0.25, 0.3) is 11.4 Å². The maximum Gasteiger partial charge on any atom is 0.234 e. The van der Waals surface area contributed by atoms with Gasteiger partial charge < -0.3 is 10.1 Å². The molecule has 30 heavy (non-hydrogen) atoms. The normalized spacial score (nSPS) is 10.6. The summed E-state index contributed by atoms with van der Waals surface area (Å²) in [7, 11) is 0. The van der Waals surface area contributed by atoms with Crippen molar-refractivity contribution in [1.29, 1.82) is 0 Å². The molecule has 156 valence electrons. The van der Waals surface area contributed by atoms with Gasteiger partial charge in [-0.15, -0.1) is 16.8 Å². The Morgan fingerprint density at radius 3 is 2.73 bits per heavy atom. The van der Waals surface area contributed by atoms with Gasteiger partial charge in [-0.25, -0.2) is 0 Å². The summed E-state index contributed by atoms with van der Waals surface area (Å²) >= 11 is 10.8. The number of ether oxygens (including phenoxy) is 1. The number of carbonyl (C=O) groups is 1. The van der Waals surface area contributed by atoms with Crippen molar-refractivity contribution in [3.05, 3.63) is 64.6 Å². The van der Waals surface area contributed by atoms with Crippen molar-refractivity contribution >= 4 is 50.9 Å². The molecule has 0 fully saturated rings. The number of allylic oxidation sites excluding steroid dienone is 1. The highest BCUT2D eigenvalue weighted by Gasteiger charge is 2.15. The molecule has 1 heterocycles. The highest BCUT2D eigenvalue weighted by Crippen LogP contribution is 2.28. The fourth-order valence-corrected chi connectivity index (χ4v) is 4.15. The number of nitrogens with one attached hydrogen (secondary N) is 1. The van der Waals surface area contributed by atoms with Crippen LogP contribution >= 0.6 is 39.3 Å². The molecule has 0 spiro atoms. The van der Waals surface area contributed by atoms with E-state index >= 15 is 0 Å². The van der Waals surface area contributed by atoms with Crippen LogP contribution in [-0.4, -0.2) is 33.0 Å². The summed E-state index contributed by atoms with van der Waals surface area (Å²) in [6.45, 7) is 6.90. The molecule has 0 aliphatic heterocycles. The Kier molecular flexibility index (Phi) is 7.95. The molecule has 0 aliphatic rings. The first-order chi connectivity index (χ1) is 14.5. The molecule has 6 nitrogen and oxygen atoms in total. The lowest BCUT2D eigenvalue weighted by molar-refractivity contribution is -0.113. The van der Waals surface area contributed by atoms with Crippen molar-refractivity contribution < 1.29 is 9.53 Å². The molecule has 1 aromatic heterocycles. The molecule has 1 N–H and O–H groups in total. The average molecular weight is 508 g/mol. The zero-order chi connectivity index (χ0) is 21.5. The summed E-state index contributed by atoms with van der Waals surface area (Å²) in [5.74, 6) is 1.50. The largest absolute Gasteiger partial charge is 0.494 e.